The van der Waals surface area contributed by atoms with Crippen molar-refractivity contribution in [2.45, 2.75) is 6.42 Å². The smallest absolute Gasteiger partial charge is 0.300 e. The molecule has 1 fully saturated rings. The third kappa shape index (κ3) is 3.02. The highest BCUT2D eigenvalue weighted by atomic mass is 16.6. The van der Waals surface area contributed by atoms with Crippen molar-refractivity contribution in [3.8, 4) is 0 Å². The van der Waals surface area contributed by atoms with Gasteiger partial charge in [-0.2, -0.15) is 0 Å². The zero-order chi connectivity index (χ0) is 14.7. The number of rotatable bonds is 2. The average Bonchev–Trinajstić information content (AvgIpc) is 2.62. The number of aromatic nitrogens is 1. The van der Waals surface area contributed by atoms with E-state index in [9.17, 15) is 14.9 Å². The molecule has 0 radical (unpaired) electrons. The maximum Gasteiger partial charge on any atom is 0.300 e. The molecule has 8 heteroatoms. The second kappa shape index (κ2) is 5.83. The first-order valence-corrected chi connectivity index (χ1v) is 6.37. The number of nitro groups is 1. The third-order valence-electron chi connectivity index (χ3n) is 3.34. The fourth-order valence-electron chi connectivity index (χ4n) is 2.20. The van der Waals surface area contributed by atoms with E-state index < -0.39 is 4.92 Å². The number of pyridine rings is 1. The fraction of sp³-hybridized carbons (Fsp3) is 0.500. The number of nitrogens with zero attached hydrogens (tertiary/aromatic N) is 4. The number of carbonyl (C=O) groups is 1. The lowest BCUT2D eigenvalue weighted by Gasteiger charge is -2.20. The van der Waals surface area contributed by atoms with Gasteiger partial charge in [-0.25, -0.2) is 4.98 Å². The third-order valence-corrected chi connectivity index (χ3v) is 3.34. The molecule has 0 aromatic carbocycles. The van der Waals surface area contributed by atoms with Crippen molar-refractivity contribution in [1.29, 1.82) is 0 Å². The minimum Gasteiger partial charge on any atom is -0.384 e. The molecule has 1 aliphatic heterocycles. The molecular weight excluding hydrogens is 262 g/mol. The Bertz CT molecular complexity index is 534. The molecule has 108 valence electrons. The molecule has 2 heterocycles. The largest absolute Gasteiger partial charge is 0.384 e. The number of hydrogen-bond acceptors (Lipinski definition) is 6. The average molecular weight is 279 g/mol. The number of likely N-dealkylation sites (N-methyl/N-ethyl adjacent to an activating group) is 1. The van der Waals surface area contributed by atoms with Crippen LogP contribution in [0.2, 0.25) is 0 Å². The molecule has 20 heavy (non-hydrogen) atoms. The van der Waals surface area contributed by atoms with Crippen LogP contribution in [0.3, 0.4) is 0 Å². The summed E-state index contributed by atoms with van der Waals surface area (Å²) in [5, 5.41) is 11.0. The van der Waals surface area contributed by atoms with Crippen LogP contribution in [-0.4, -0.2) is 58.8 Å². The van der Waals surface area contributed by atoms with E-state index in [1.165, 1.54) is 6.07 Å². The van der Waals surface area contributed by atoms with Crippen LogP contribution in [0.5, 0.6) is 0 Å². The Morgan fingerprint density at radius 2 is 2.15 bits per heavy atom. The van der Waals surface area contributed by atoms with Gasteiger partial charge in [0.1, 0.15) is 17.6 Å². The lowest BCUT2D eigenvalue weighted by Crippen LogP contribution is -2.34. The molecule has 0 bridgehead atoms. The molecule has 1 aromatic heterocycles. The summed E-state index contributed by atoms with van der Waals surface area (Å²) in [5.74, 6) is -0.257. The SMILES string of the molecule is CN1CCCN(C(=O)c2cc(N)ncc2[N+](=O)[O-])CC1. The molecule has 1 aliphatic rings. The summed E-state index contributed by atoms with van der Waals surface area (Å²) >= 11 is 0. The van der Waals surface area contributed by atoms with Gasteiger partial charge in [0.2, 0.25) is 0 Å². The van der Waals surface area contributed by atoms with Gasteiger partial charge in [-0.15, -0.1) is 0 Å². The topological polar surface area (TPSA) is 106 Å². The Kier molecular flexibility index (Phi) is 4.14. The number of anilines is 1. The highest BCUT2D eigenvalue weighted by Crippen LogP contribution is 2.21. The van der Waals surface area contributed by atoms with Gasteiger partial charge in [-0.3, -0.25) is 14.9 Å². The minimum absolute atomic E-state index is 0.00653. The van der Waals surface area contributed by atoms with E-state index in [2.05, 4.69) is 9.88 Å². The van der Waals surface area contributed by atoms with Crippen LogP contribution >= 0.6 is 0 Å². The summed E-state index contributed by atoms with van der Waals surface area (Å²) in [6, 6.07) is 1.27. The Hall–Kier alpha value is -2.22. The van der Waals surface area contributed by atoms with Gasteiger partial charge in [-0.1, -0.05) is 0 Å². The van der Waals surface area contributed by atoms with Crippen LogP contribution in [0.25, 0.3) is 0 Å². The first kappa shape index (κ1) is 14.2. The molecule has 0 aliphatic carbocycles. The minimum atomic E-state index is -0.608. The predicted molar refractivity (Wildman–Crippen MR) is 73.3 cm³/mol. The standard InChI is InChI=1S/C12H17N5O3/c1-15-3-2-4-16(6-5-15)12(18)9-7-11(13)14-8-10(9)17(19)20/h7-8H,2-6H2,1H3,(H2,13,14). The van der Waals surface area contributed by atoms with Gasteiger partial charge in [0, 0.05) is 19.6 Å². The second-order valence-electron chi connectivity index (χ2n) is 4.83. The molecule has 2 rings (SSSR count). The highest BCUT2D eigenvalue weighted by Gasteiger charge is 2.26. The Labute approximate surface area is 116 Å². The van der Waals surface area contributed by atoms with E-state index in [1.807, 2.05) is 7.05 Å². The Morgan fingerprint density at radius 3 is 2.85 bits per heavy atom. The summed E-state index contributed by atoms with van der Waals surface area (Å²) in [5.41, 5.74) is 5.24. The monoisotopic (exact) mass is 279 g/mol. The number of amides is 1. The molecular formula is C12H17N5O3. The molecule has 0 unspecified atom stereocenters. The Morgan fingerprint density at radius 1 is 1.40 bits per heavy atom. The maximum absolute atomic E-state index is 12.5. The van der Waals surface area contributed by atoms with E-state index in [1.54, 1.807) is 4.90 Å². The van der Waals surface area contributed by atoms with Gasteiger partial charge in [-0.05, 0) is 26.1 Å². The summed E-state index contributed by atoms with van der Waals surface area (Å²) in [6.07, 6.45) is 1.88. The van der Waals surface area contributed by atoms with Crippen LogP contribution in [0.1, 0.15) is 16.8 Å². The van der Waals surface area contributed by atoms with Gasteiger partial charge in [0.05, 0.1) is 4.92 Å². The maximum atomic E-state index is 12.5. The zero-order valence-corrected chi connectivity index (χ0v) is 11.3. The molecule has 0 atom stereocenters. The van der Waals surface area contributed by atoms with Crippen molar-refractivity contribution < 1.29 is 9.72 Å². The molecule has 8 nitrogen and oxygen atoms in total. The summed E-state index contributed by atoms with van der Waals surface area (Å²) < 4.78 is 0. The fourth-order valence-corrected chi connectivity index (χ4v) is 2.20. The van der Waals surface area contributed by atoms with Crippen LogP contribution in [0, 0.1) is 10.1 Å². The van der Waals surface area contributed by atoms with Gasteiger partial charge in [0.15, 0.2) is 0 Å². The van der Waals surface area contributed by atoms with E-state index in [-0.39, 0.29) is 23.0 Å². The molecule has 2 N–H and O–H groups in total. The molecule has 1 aromatic rings. The van der Waals surface area contributed by atoms with Crippen molar-refractivity contribution in [3.63, 3.8) is 0 Å². The number of nitrogens with two attached hydrogens (primary N) is 1. The lowest BCUT2D eigenvalue weighted by molar-refractivity contribution is -0.385. The first-order chi connectivity index (χ1) is 9.49. The van der Waals surface area contributed by atoms with Crippen molar-refractivity contribution >= 4 is 17.4 Å². The lowest BCUT2D eigenvalue weighted by atomic mass is 10.2. The van der Waals surface area contributed by atoms with Crippen molar-refractivity contribution in [3.05, 3.63) is 27.9 Å². The summed E-state index contributed by atoms with van der Waals surface area (Å²) in [7, 11) is 1.99. The number of nitrogen functional groups attached to an aromatic ring is 1. The van der Waals surface area contributed by atoms with Gasteiger partial charge in [0.25, 0.3) is 11.6 Å². The van der Waals surface area contributed by atoms with E-state index >= 15 is 0 Å². The van der Waals surface area contributed by atoms with Crippen molar-refractivity contribution in [2.75, 3.05) is 39.0 Å². The molecule has 0 saturated carbocycles. The van der Waals surface area contributed by atoms with Crippen LogP contribution in [-0.2, 0) is 0 Å². The van der Waals surface area contributed by atoms with E-state index in [0.717, 1.165) is 25.7 Å². The van der Waals surface area contributed by atoms with Gasteiger partial charge >= 0.3 is 0 Å². The van der Waals surface area contributed by atoms with Crippen molar-refractivity contribution in [2.24, 2.45) is 0 Å². The molecule has 1 saturated heterocycles. The summed E-state index contributed by atoms with van der Waals surface area (Å²) in [4.78, 5) is 30.3. The normalized spacial score (nSPS) is 16.8. The van der Waals surface area contributed by atoms with E-state index in [0.29, 0.717) is 13.1 Å². The zero-order valence-electron chi connectivity index (χ0n) is 11.3. The first-order valence-electron chi connectivity index (χ1n) is 6.37. The summed E-state index contributed by atoms with van der Waals surface area (Å²) in [6.45, 7) is 2.79. The van der Waals surface area contributed by atoms with Crippen molar-refractivity contribution in [1.82, 2.24) is 14.8 Å². The number of hydrogen-bond donors (Lipinski definition) is 1. The highest BCUT2D eigenvalue weighted by molar-refractivity contribution is 5.98. The van der Waals surface area contributed by atoms with Crippen LogP contribution in [0.4, 0.5) is 11.5 Å². The van der Waals surface area contributed by atoms with E-state index in [4.69, 9.17) is 5.73 Å². The Balaban J connectivity index is 2.28. The second-order valence-corrected chi connectivity index (χ2v) is 4.83. The molecule has 1 amide bonds. The predicted octanol–water partition coefficient (Wildman–Crippen LogP) is 0.350. The quantitative estimate of drug-likeness (QED) is 0.618. The van der Waals surface area contributed by atoms with Crippen LogP contribution < -0.4 is 5.73 Å². The number of carbonyl (C=O) groups excluding carboxylic acids is 1. The molecule has 0 spiro atoms. The van der Waals surface area contributed by atoms with Crippen LogP contribution in [0.15, 0.2) is 12.3 Å². The van der Waals surface area contributed by atoms with Gasteiger partial charge < -0.3 is 15.5 Å².